The summed E-state index contributed by atoms with van der Waals surface area (Å²) >= 11 is 1.16. The van der Waals surface area contributed by atoms with Gasteiger partial charge in [-0.25, -0.2) is 14.5 Å². The second-order valence-electron chi connectivity index (χ2n) is 6.03. The van der Waals surface area contributed by atoms with Gasteiger partial charge in [-0.05, 0) is 18.6 Å². The number of rotatable bonds is 6. The van der Waals surface area contributed by atoms with Crippen molar-refractivity contribution in [3.05, 3.63) is 42.0 Å². The van der Waals surface area contributed by atoms with Crippen molar-refractivity contribution in [2.45, 2.75) is 6.92 Å². The molecule has 0 spiro atoms. The Hall–Kier alpha value is -3.53. The number of ether oxygens (including phenoxy) is 1. The van der Waals surface area contributed by atoms with E-state index >= 15 is 0 Å². The van der Waals surface area contributed by atoms with Crippen molar-refractivity contribution < 1.29 is 28.7 Å². The molecule has 1 saturated heterocycles. The molecule has 29 heavy (non-hydrogen) atoms. The summed E-state index contributed by atoms with van der Waals surface area (Å²) in [4.78, 5) is 61.9. The number of esters is 1. The monoisotopic (exact) mass is 415 g/mol. The minimum absolute atomic E-state index is 0.161. The number of amides is 5. The Bertz CT molecular complexity index is 1000. The number of hydrogen-bond acceptors (Lipinski definition) is 7. The standard InChI is InChI=1S/C19H17N3O6S/c1-3-28-18(26)12-9-13(11-7-5-4-6-8-11)29-15(12)20-14(23)10-22-17(25)16(24)21(2)19(22)27/h4-9H,3,10H2,1-2H3,(H,20,23). The van der Waals surface area contributed by atoms with Gasteiger partial charge in [-0.15, -0.1) is 11.3 Å². The Balaban J connectivity index is 1.83. The van der Waals surface area contributed by atoms with Gasteiger partial charge in [0, 0.05) is 11.9 Å². The quantitative estimate of drug-likeness (QED) is 0.438. The second-order valence-corrected chi connectivity index (χ2v) is 7.08. The molecule has 3 rings (SSSR count). The largest absolute Gasteiger partial charge is 0.462 e. The van der Waals surface area contributed by atoms with Gasteiger partial charge in [-0.2, -0.15) is 0 Å². The summed E-state index contributed by atoms with van der Waals surface area (Å²) in [5.41, 5.74) is 1.01. The first kappa shape index (κ1) is 20.2. The molecule has 2 aromatic rings. The number of nitrogens with zero attached hydrogens (tertiary/aromatic N) is 2. The summed E-state index contributed by atoms with van der Waals surface area (Å²) in [7, 11) is 1.16. The molecule has 10 heteroatoms. The summed E-state index contributed by atoms with van der Waals surface area (Å²) in [6.45, 7) is 1.18. The maximum Gasteiger partial charge on any atom is 0.341 e. The van der Waals surface area contributed by atoms with E-state index in [1.54, 1.807) is 13.0 Å². The van der Waals surface area contributed by atoms with Crippen LogP contribution in [-0.2, 0) is 19.1 Å². The van der Waals surface area contributed by atoms with Crippen LogP contribution in [-0.4, -0.2) is 59.7 Å². The molecule has 0 atom stereocenters. The van der Waals surface area contributed by atoms with Gasteiger partial charge in [-0.3, -0.25) is 19.3 Å². The fourth-order valence-electron chi connectivity index (χ4n) is 2.65. The Morgan fingerprint density at radius 3 is 2.38 bits per heavy atom. The molecule has 2 heterocycles. The highest BCUT2D eigenvalue weighted by Gasteiger charge is 2.43. The van der Waals surface area contributed by atoms with Crippen LogP contribution in [0.4, 0.5) is 9.80 Å². The summed E-state index contributed by atoms with van der Waals surface area (Å²) in [5.74, 6) is -3.40. The Morgan fingerprint density at radius 2 is 1.79 bits per heavy atom. The van der Waals surface area contributed by atoms with Crippen LogP contribution in [0.2, 0.25) is 0 Å². The van der Waals surface area contributed by atoms with Gasteiger partial charge < -0.3 is 10.1 Å². The van der Waals surface area contributed by atoms with Crippen LogP contribution in [0.5, 0.6) is 0 Å². The lowest BCUT2D eigenvalue weighted by atomic mass is 10.1. The molecular weight excluding hydrogens is 398 g/mol. The average molecular weight is 415 g/mol. The van der Waals surface area contributed by atoms with Gasteiger partial charge in [0.2, 0.25) is 5.91 Å². The lowest BCUT2D eigenvalue weighted by Gasteiger charge is -2.12. The molecule has 1 aliphatic heterocycles. The number of carbonyl (C=O) groups is 5. The zero-order valence-electron chi connectivity index (χ0n) is 15.6. The molecule has 1 fully saturated rings. The minimum atomic E-state index is -1.07. The molecule has 0 unspecified atom stereocenters. The maximum atomic E-state index is 12.4. The number of benzene rings is 1. The van der Waals surface area contributed by atoms with Crippen LogP contribution in [0.15, 0.2) is 36.4 Å². The zero-order chi connectivity index (χ0) is 21.1. The normalized spacial score (nSPS) is 13.8. The number of thiophene rings is 1. The van der Waals surface area contributed by atoms with Gasteiger partial charge in [0.1, 0.15) is 11.5 Å². The third kappa shape index (κ3) is 4.02. The van der Waals surface area contributed by atoms with Crippen LogP contribution in [0.25, 0.3) is 10.4 Å². The number of imide groups is 2. The molecule has 0 saturated carbocycles. The molecule has 0 radical (unpaired) electrons. The van der Waals surface area contributed by atoms with E-state index in [1.807, 2.05) is 30.3 Å². The van der Waals surface area contributed by atoms with Crippen molar-refractivity contribution in [3.8, 4) is 10.4 Å². The lowest BCUT2D eigenvalue weighted by Crippen LogP contribution is -2.38. The Morgan fingerprint density at radius 1 is 1.10 bits per heavy atom. The summed E-state index contributed by atoms with van der Waals surface area (Å²) < 4.78 is 5.04. The highest BCUT2D eigenvalue weighted by atomic mass is 32.1. The number of carbonyl (C=O) groups excluding carboxylic acids is 5. The van der Waals surface area contributed by atoms with Crippen LogP contribution in [0.1, 0.15) is 17.3 Å². The average Bonchev–Trinajstić information content (AvgIpc) is 3.20. The third-order valence-electron chi connectivity index (χ3n) is 4.09. The number of likely N-dealkylation sites (N-methyl/N-ethyl adjacent to an activating group) is 1. The Labute approximate surface area is 169 Å². The van der Waals surface area contributed by atoms with E-state index in [9.17, 15) is 24.0 Å². The third-order valence-corrected chi connectivity index (χ3v) is 5.19. The molecule has 1 aliphatic rings. The molecule has 9 nitrogen and oxygen atoms in total. The smallest absolute Gasteiger partial charge is 0.341 e. The van der Waals surface area contributed by atoms with Gasteiger partial charge in [0.15, 0.2) is 0 Å². The topological polar surface area (TPSA) is 113 Å². The van der Waals surface area contributed by atoms with Gasteiger partial charge in [0.05, 0.1) is 12.2 Å². The van der Waals surface area contributed by atoms with Crippen LogP contribution in [0, 0.1) is 0 Å². The minimum Gasteiger partial charge on any atom is -0.462 e. The highest BCUT2D eigenvalue weighted by Crippen LogP contribution is 2.36. The predicted octanol–water partition coefficient (Wildman–Crippen LogP) is 1.95. The molecule has 1 aromatic carbocycles. The van der Waals surface area contributed by atoms with Crippen molar-refractivity contribution >= 4 is 46.1 Å². The summed E-state index contributed by atoms with van der Waals surface area (Å²) in [6, 6.07) is 9.98. The summed E-state index contributed by atoms with van der Waals surface area (Å²) in [6.07, 6.45) is 0. The fraction of sp³-hybridized carbons (Fsp3) is 0.211. The highest BCUT2D eigenvalue weighted by molar-refractivity contribution is 7.20. The van der Waals surface area contributed by atoms with E-state index in [1.165, 1.54) is 0 Å². The number of urea groups is 1. The van der Waals surface area contributed by atoms with Crippen molar-refractivity contribution in [3.63, 3.8) is 0 Å². The van der Waals surface area contributed by atoms with E-state index in [-0.39, 0.29) is 17.2 Å². The van der Waals surface area contributed by atoms with Gasteiger partial charge in [0.25, 0.3) is 0 Å². The lowest BCUT2D eigenvalue weighted by molar-refractivity contribution is -0.143. The van der Waals surface area contributed by atoms with E-state index < -0.39 is 36.3 Å². The van der Waals surface area contributed by atoms with E-state index in [2.05, 4.69) is 5.32 Å². The molecular formula is C19H17N3O6S. The molecule has 150 valence electrons. The van der Waals surface area contributed by atoms with Crippen molar-refractivity contribution in [2.75, 3.05) is 25.5 Å². The van der Waals surface area contributed by atoms with Crippen LogP contribution >= 0.6 is 11.3 Å². The van der Waals surface area contributed by atoms with E-state index in [0.717, 1.165) is 28.8 Å². The molecule has 0 aliphatic carbocycles. The molecule has 1 aromatic heterocycles. The number of hydrogen-bond donors (Lipinski definition) is 1. The SMILES string of the molecule is CCOC(=O)c1cc(-c2ccccc2)sc1NC(=O)CN1C(=O)C(=O)N(C)C1=O. The van der Waals surface area contributed by atoms with Crippen LogP contribution < -0.4 is 5.32 Å². The van der Waals surface area contributed by atoms with E-state index in [4.69, 9.17) is 4.74 Å². The number of nitrogens with one attached hydrogen (secondary N) is 1. The van der Waals surface area contributed by atoms with Crippen molar-refractivity contribution in [1.29, 1.82) is 0 Å². The predicted molar refractivity (Wildman–Crippen MR) is 104 cm³/mol. The second kappa shape index (κ2) is 8.23. The first-order valence-electron chi connectivity index (χ1n) is 8.63. The van der Waals surface area contributed by atoms with Gasteiger partial charge >= 0.3 is 23.8 Å². The van der Waals surface area contributed by atoms with Gasteiger partial charge in [-0.1, -0.05) is 30.3 Å². The molecule has 5 amide bonds. The zero-order valence-corrected chi connectivity index (χ0v) is 16.4. The maximum absolute atomic E-state index is 12.4. The summed E-state index contributed by atoms with van der Waals surface area (Å²) in [5, 5.41) is 2.77. The number of anilines is 1. The molecule has 0 bridgehead atoms. The Kier molecular flexibility index (Phi) is 5.74. The van der Waals surface area contributed by atoms with Crippen molar-refractivity contribution in [1.82, 2.24) is 9.80 Å². The van der Waals surface area contributed by atoms with Crippen molar-refractivity contribution in [2.24, 2.45) is 0 Å². The van der Waals surface area contributed by atoms with E-state index in [0.29, 0.717) is 9.80 Å². The first-order chi connectivity index (χ1) is 13.8. The molecule has 1 N–H and O–H groups in total. The first-order valence-corrected chi connectivity index (χ1v) is 9.44. The van der Waals surface area contributed by atoms with Crippen LogP contribution in [0.3, 0.4) is 0 Å². The fourth-order valence-corrected chi connectivity index (χ4v) is 3.72.